The lowest BCUT2D eigenvalue weighted by Gasteiger charge is -2.08. The summed E-state index contributed by atoms with van der Waals surface area (Å²) in [5.41, 5.74) is 1.95. The van der Waals surface area contributed by atoms with Crippen LogP contribution in [-0.4, -0.2) is 15.9 Å². The van der Waals surface area contributed by atoms with Gasteiger partial charge in [0.1, 0.15) is 22.7 Å². The number of carbonyl (C=O) groups is 1. The quantitative estimate of drug-likeness (QED) is 0.747. The summed E-state index contributed by atoms with van der Waals surface area (Å²) in [5, 5.41) is 9.44. The predicted molar refractivity (Wildman–Crippen MR) is 77.6 cm³/mol. The summed E-state index contributed by atoms with van der Waals surface area (Å²) >= 11 is 0. The first-order valence-corrected chi connectivity index (χ1v) is 6.59. The monoisotopic (exact) mass is 283 g/mol. The van der Waals surface area contributed by atoms with Gasteiger partial charge >= 0.3 is 0 Å². The molecule has 0 radical (unpaired) electrons. The van der Waals surface area contributed by atoms with Gasteiger partial charge in [0.05, 0.1) is 0 Å². The zero-order valence-electron chi connectivity index (χ0n) is 11.4. The largest absolute Gasteiger partial charge is 0.508 e. The third-order valence-electron chi connectivity index (χ3n) is 3.29. The molecule has 0 saturated carbocycles. The van der Waals surface area contributed by atoms with Crippen molar-refractivity contribution in [1.29, 1.82) is 0 Å². The Morgan fingerprint density at radius 3 is 2.86 bits per heavy atom. The van der Waals surface area contributed by atoms with Gasteiger partial charge in [0.25, 0.3) is 0 Å². The summed E-state index contributed by atoms with van der Waals surface area (Å²) < 4.78 is 5.60. The van der Waals surface area contributed by atoms with Gasteiger partial charge in [-0.3, -0.25) is 4.79 Å². The fraction of sp³-hybridized carbons (Fsp3) is 0.188. The van der Waals surface area contributed by atoms with Gasteiger partial charge < -0.3 is 14.3 Å². The molecule has 0 bridgehead atoms. The fourth-order valence-electron chi connectivity index (χ4n) is 2.19. The lowest BCUT2D eigenvalue weighted by molar-refractivity contribution is -0.116. The smallest absolute Gasteiger partial charge is 0.185 e. The molecule has 0 unspecified atom stereocenters. The second-order valence-electron chi connectivity index (χ2n) is 5.00. The van der Waals surface area contributed by atoms with E-state index < -0.39 is 0 Å². The van der Waals surface area contributed by atoms with Crippen molar-refractivity contribution < 1.29 is 14.3 Å². The molecule has 0 saturated heterocycles. The minimum atomic E-state index is -0.172. The minimum absolute atomic E-state index is 0.0427. The molecule has 5 heteroatoms. The number of carbonyl (C=O) groups excluding carboxylic acids is 1. The average molecular weight is 283 g/mol. The first-order chi connectivity index (χ1) is 10.0. The predicted octanol–water partition coefficient (Wildman–Crippen LogP) is 2.52. The second-order valence-corrected chi connectivity index (χ2v) is 5.00. The van der Waals surface area contributed by atoms with Crippen LogP contribution in [0.3, 0.4) is 0 Å². The molecule has 0 aromatic heterocycles. The number of hydrogen-bond acceptors (Lipinski definition) is 5. The van der Waals surface area contributed by atoms with Crippen molar-refractivity contribution in [2.45, 2.75) is 19.8 Å². The first-order valence-electron chi connectivity index (χ1n) is 6.59. The van der Waals surface area contributed by atoms with Crippen LogP contribution < -0.4 is 5.43 Å². The molecular formula is C16H13NO4. The highest BCUT2D eigenvalue weighted by molar-refractivity contribution is 5.78. The molecule has 21 heavy (non-hydrogen) atoms. The third-order valence-corrected chi connectivity index (χ3v) is 3.29. The van der Waals surface area contributed by atoms with Crippen LogP contribution in [0.4, 0.5) is 0 Å². The number of hydrogen-bond donors (Lipinski definition) is 1. The number of aromatic hydroxyl groups is 1. The number of rotatable bonds is 3. The molecule has 1 heterocycles. The highest BCUT2D eigenvalue weighted by Crippen LogP contribution is 2.26. The van der Waals surface area contributed by atoms with Crippen molar-refractivity contribution in [3.05, 3.63) is 46.1 Å². The molecule has 0 fully saturated rings. The van der Waals surface area contributed by atoms with Crippen molar-refractivity contribution in [2.75, 3.05) is 0 Å². The number of nitrogens with zero attached hydrogens (tertiary/aromatic N) is 1. The van der Waals surface area contributed by atoms with Crippen LogP contribution in [0.2, 0.25) is 0 Å². The van der Waals surface area contributed by atoms with E-state index in [0.717, 1.165) is 0 Å². The molecule has 3 rings (SSSR count). The van der Waals surface area contributed by atoms with E-state index in [-0.39, 0.29) is 17.0 Å². The van der Waals surface area contributed by atoms with E-state index >= 15 is 0 Å². The van der Waals surface area contributed by atoms with E-state index in [2.05, 4.69) is 4.98 Å². The molecule has 0 spiro atoms. The number of phenols is 1. The van der Waals surface area contributed by atoms with Crippen LogP contribution >= 0.6 is 0 Å². The molecular weight excluding hydrogens is 270 g/mol. The second kappa shape index (κ2) is 5.01. The Morgan fingerprint density at radius 2 is 2.10 bits per heavy atom. The van der Waals surface area contributed by atoms with E-state index in [4.69, 9.17) is 4.42 Å². The maximum absolute atomic E-state index is 12.0. The molecule has 1 aliphatic heterocycles. The molecule has 1 N–H and O–H groups in total. The van der Waals surface area contributed by atoms with Gasteiger partial charge in [-0.25, -0.2) is 4.98 Å². The SMILES string of the molecule is CC(=O)CCc1cc2nc3ccc(O)cc3oc-2cc1=O. The van der Waals surface area contributed by atoms with Crippen LogP contribution in [0.15, 0.2) is 39.5 Å². The minimum Gasteiger partial charge on any atom is -0.508 e. The summed E-state index contributed by atoms with van der Waals surface area (Å²) in [7, 11) is 0. The number of ketones is 1. The zero-order valence-corrected chi connectivity index (χ0v) is 11.4. The zero-order chi connectivity index (χ0) is 15.0. The standard InChI is InChI=1S/C16H13NO4/c1-9(18)2-3-10-6-13-16(8-14(10)20)21-15-7-11(19)4-5-12(15)17-13/h4-8,19H,2-3H2,1H3. The average Bonchev–Trinajstić information content (AvgIpc) is 2.43. The first kappa shape index (κ1) is 13.3. The van der Waals surface area contributed by atoms with E-state index in [9.17, 15) is 14.7 Å². The van der Waals surface area contributed by atoms with Crippen molar-refractivity contribution >= 4 is 16.9 Å². The van der Waals surface area contributed by atoms with E-state index in [1.807, 2.05) is 0 Å². The molecule has 2 aliphatic rings. The van der Waals surface area contributed by atoms with Crippen molar-refractivity contribution in [1.82, 2.24) is 4.98 Å². The number of benzene rings is 2. The number of aryl methyl sites for hydroxylation is 1. The van der Waals surface area contributed by atoms with Crippen molar-refractivity contribution in [3.63, 3.8) is 0 Å². The van der Waals surface area contributed by atoms with Gasteiger partial charge in [0, 0.05) is 24.1 Å². The lowest BCUT2D eigenvalue weighted by Crippen LogP contribution is -2.10. The number of fused-ring (bicyclic) bond motifs is 2. The Morgan fingerprint density at radius 1 is 1.29 bits per heavy atom. The van der Waals surface area contributed by atoms with Crippen LogP contribution in [0.1, 0.15) is 18.9 Å². The maximum Gasteiger partial charge on any atom is 0.185 e. The maximum atomic E-state index is 12.0. The summed E-state index contributed by atoms with van der Waals surface area (Å²) in [6.07, 6.45) is 0.735. The summed E-state index contributed by atoms with van der Waals surface area (Å²) in [4.78, 5) is 27.5. The Balaban J connectivity index is 2.15. The number of aromatic nitrogens is 1. The Hall–Kier alpha value is -2.69. The normalized spacial score (nSPS) is 11.1. The van der Waals surface area contributed by atoms with Gasteiger partial charge in [-0.1, -0.05) is 0 Å². The van der Waals surface area contributed by atoms with Crippen molar-refractivity contribution in [2.24, 2.45) is 0 Å². The number of phenolic OH excluding ortho intramolecular Hbond substituents is 1. The fourth-order valence-corrected chi connectivity index (χ4v) is 2.19. The van der Waals surface area contributed by atoms with E-state index in [1.165, 1.54) is 25.1 Å². The van der Waals surface area contributed by atoms with Crippen LogP contribution in [0.5, 0.6) is 5.75 Å². The molecule has 106 valence electrons. The van der Waals surface area contributed by atoms with Gasteiger partial charge in [0.2, 0.25) is 0 Å². The summed E-state index contributed by atoms with van der Waals surface area (Å²) in [6.45, 7) is 1.50. The molecule has 0 amide bonds. The van der Waals surface area contributed by atoms with E-state index in [1.54, 1.807) is 12.1 Å². The Kier molecular flexibility index (Phi) is 3.17. The Labute approximate surface area is 120 Å². The van der Waals surface area contributed by atoms with Crippen molar-refractivity contribution in [3.8, 4) is 17.2 Å². The van der Waals surface area contributed by atoms with Crippen LogP contribution in [0, 0.1) is 0 Å². The molecule has 1 aromatic rings. The van der Waals surface area contributed by atoms with Crippen LogP contribution in [0.25, 0.3) is 22.6 Å². The van der Waals surface area contributed by atoms with Gasteiger partial charge in [-0.05, 0) is 31.5 Å². The molecule has 5 nitrogen and oxygen atoms in total. The third kappa shape index (κ3) is 2.63. The van der Waals surface area contributed by atoms with Gasteiger partial charge in [-0.2, -0.15) is 0 Å². The molecule has 1 aromatic carbocycles. The molecule has 1 aliphatic carbocycles. The highest BCUT2D eigenvalue weighted by Gasteiger charge is 2.13. The summed E-state index contributed by atoms with van der Waals surface area (Å²) in [6, 6.07) is 7.66. The molecule has 0 atom stereocenters. The highest BCUT2D eigenvalue weighted by atomic mass is 16.3. The Bertz CT molecular complexity index is 866. The summed E-state index contributed by atoms with van der Waals surface area (Å²) in [5.74, 6) is 0.485. The van der Waals surface area contributed by atoms with Gasteiger partial charge in [0.15, 0.2) is 16.8 Å². The van der Waals surface area contributed by atoms with E-state index in [0.29, 0.717) is 41.0 Å². The topological polar surface area (TPSA) is 80.4 Å². The number of Topliss-reactive ketones (excluding diaryl/α,β-unsaturated/α-hetero) is 1. The van der Waals surface area contributed by atoms with Gasteiger partial charge in [-0.15, -0.1) is 0 Å². The lowest BCUT2D eigenvalue weighted by atomic mass is 10.0. The van der Waals surface area contributed by atoms with Crippen LogP contribution in [-0.2, 0) is 11.2 Å².